The number of rotatable bonds is 9. The molecule has 1 aromatic rings. The van der Waals surface area contributed by atoms with Crippen molar-refractivity contribution in [2.24, 2.45) is 10.9 Å². The molecule has 0 aromatic heterocycles. The van der Waals surface area contributed by atoms with Crippen LogP contribution in [0.3, 0.4) is 0 Å². The summed E-state index contributed by atoms with van der Waals surface area (Å²) in [5, 5.41) is 6.55. The molecule has 28 heavy (non-hydrogen) atoms. The minimum atomic E-state index is -3.46. The van der Waals surface area contributed by atoms with Gasteiger partial charge in [0.05, 0.1) is 4.90 Å². The summed E-state index contributed by atoms with van der Waals surface area (Å²) in [7, 11) is 1.37. The van der Waals surface area contributed by atoms with Crippen LogP contribution in [0.15, 0.2) is 34.2 Å². The first-order valence-corrected chi connectivity index (χ1v) is 11.3. The predicted molar refractivity (Wildman–Crippen MR) is 127 cm³/mol. The molecule has 1 aliphatic rings. The molecule has 0 radical (unpaired) electrons. The molecular formula is C20H35IN4O2S. The van der Waals surface area contributed by atoms with Crippen molar-refractivity contribution in [1.29, 1.82) is 0 Å². The third-order valence-corrected chi connectivity index (χ3v) is 7.12. The lowest BCUT2D eigenvalue weighted by Crippen LogP contribution is -2.37. The second-order valence-electron chi connectivity index (χ2n) is 7.39. The molecular weight excluding hydrogens is 487 g/mol. The van der Waals surface area contributed by atoms with Gasteiger partial charge in [0.2, 0.25) is 10.0 Å². The van der Waals surface area contributed by atoms with E-state index in [0.717, 1.165) is 24.4 Å². The molecule has 0 heterocycles. The number of benzene rings is 1. The van der Waals surface area contributed by atoms with Crippen LogP contribution in [-0.2, 0) is 16.6 Å². The second-order valence-corrected chi connectivity index (χ2v) is 9.51. The molecule has 1 aliphatic carbocycles. The maximum absolute atomic E-state index is 12.5. The van der Waals surface area contributed by atoms with Crippen molar-refractivity contribution >= 4 is 40.0 Å². The van der Waals surface area contributed by atoms with Gasteiger partial charge in [0.1, 0.15) is 0 Å². The molecule has 0 bridgehead atoms. The van der Waals surface area contributed by atoms with Crippen molar-refractivity contribution < 1.29 is 8.42 Å². The number of sulfonamides is 1. The highest BCUT2D eigenvalue weighted by Crippen LogP contribution is 2.28. The van der Waals surface area contributed by atoms with E-state index in [2.05, 4.69) is 15.6 Å². The van der Waals surface area contributed by atoms with Crippen LogP contribution in [0.1, 0.15) is 50.5 Å². The van der Waals surface area contributed by atoms with Crippen molar-refractivity contribution in [3.8, 4) is 0 Å². The number of nitrogens with zero attached hydrogens (tertiary/aromatic N) is 2. The smallest absolute Gasteiger partial charge is 0.242 e. The minimum absolute atomic E-state index is 0. The molecule has 0 atom stereocenters. The van der Waals surface area contributed by atoms with Gasteiger partial charge in [0, 0.05) is 34.2 Å². The third-order valence-electron chi connectivity index (χ3n) is 5.21. The number of guanidine groups is 1. The number of halogens is 1. The number of aliphatic imine (C=N–C) groups is 1. The van der Waals surface area contributed by atoms with Crippen molar-refractivity contribution in [1.82, 2.24) is 14.9 Å². The Hall–Kier alpha value is -0.870. The van der Waals surface area contributed by atoms with Crippen molar-refractivity contribution in [2.45, 2.75) is 56.4 Å². The predicted octanol–water partition coefficient (Wildman–Crippen LogP) is 3.58. The van der Waals surface area contributed by atoms with Gasteiger partial charge in [-0.05, 0) is 24.0 Å². The van der Waals surface area contributed by atoms with E-state index < -0.39 is 10.0 Å². The molecule has 0 spiro atoms. The van der Waals surface area contributed by atoms with Gasteiger partial charge in [-0.25, -0.2) is 12.7 Å². The first kappa shape index (κ1) is 25.2. The summed E-state index contributed by atoms with van der Waals surface area (Å²) in [6, 6.07) is 7.08. The van der Waals surface area contributed by atoms with Crippen LogP contribution in [0.5, 0.6) is 0 Å². The van der Waals surface area contributed by atoms with Crippen molar-refractivity contribution in [2.75, 3.05) is 27.7 Å². The lowest BCUT2D eigenvalue weighted by atomic mass is 10.0. The largest absolute Gasteiger partial charge is 0.356 e. The summed E-state index contributed by atoms with van der Waals surface area (Å²) in [5.74, 6) is 1.64. The Morgan fingerprint density at radius 2 is 1.82 bits per heavy atom. The molecule has 0 unspecified atom stereocenters. The average Bonchev–Trinajstić information content (AvgIpc) is 3.17. The molecule has 160 valence electrons. The maximum Gasteiger partial charge on any atom is 0.242 e. The quantitative estimate of drug-likeness (QED) is 0.225. The zero-order valence-electron chi connectivity index (χ0n) is 17.3. The van der Waals surface area contributed by atoms with Crippen LogP contribution in [0.2, 0.25) is 0 Å². The normalized spacial score (nSPS) is 15.5. The van der Waals surface area contributed by atoms with Crippen LogP contribution < -0.4 is 10.6 Å². The Morgan fingerprint density at radius 3 is 2.46 bits per heavy atom. The highest BCUT2D eigenvalue weighted by Gasteiger charge is 2.20. The fourth-order valence-electron chi connectivity index (χ4n) is 3.56. The van der Waals surface area contributed by atoms with Gasteiger partial charge in [-0.3, -0.25) is 4.99 Å². The van der Waals surface area contributed by atoms with Gasteiger partial charge in [-0.15, -0.1) is 24.0 Å². The van der Waals surface area contributed by atoms with E-state index in [4.69, 9.17) is 0 Å². The number of hydrogen-bond donors (Lipinski definition) is 2. The van der Waals surface area contributed by atoms with E-state index in [1.54, 1.807) is 33.3 Å². The van der Waals surface area contributed by atoms with E-state index in [9.17, 15) is 8.42 Å². The van der Waals surface area contributed by atoms with Gasteiger partial charge in [-0.1, -0.05) is 56.7 Å². The Kier molecular flexibility index (Phi) is 11.4. The zero-order valence-corrected chi connectivity index (χ0v) is 20.4. The van der Waals surface area contributed by atoms with Gasteiger partial charge < -0.3 is 10.6 Å². The van der Waals surface area contributed by atoms with E-state index in [0.29, 0.717) is 17.4 Å². The minimum Gasteiger partial charge on any atom is -0.356 e. The number of hydrogen-bond acceptors (Lipinski definition) is 3. The lowest BCUT2D eigenvalue weighted by Gasteiger charge is -2.17. The zero-order chi connectivity index (χ0) is 19.7. The number of unbranched alkanes of at least 4 members (excludes halogenated alkanes) is 1. The van der Waals surface area contributed by atoms with Crippen LogP contribution in [0.4, 0.5) is 0 Å². The Labute approximate surface area is 187 Å². The summed E-state index contributed by atoms with van der Waals surface area (Å²) in [5.41, 5.74) is 0.732. The summed E-state index contributed by atoms with van der Waals surface area (Å²) in [6.45, 7) is 1.29. The van der Waals surface area contributed by atoms with Gasteiger partial charge >= 0.3 is 0 Å². The molecule has 1 fully saturated rings. The SMILES string of the molecule is CN=C(NCCCCC1CCCC1)NCc1ccccc1S(=O)(=O)N(C)C.I. The van der Waals surface area contributed by atoms with E-state index >= 15 is 0 Å². The standard InChI is InChI=1S/C20H34N4O2S.HI/c1-21-20(22-15-9-8-12-17-10-4-5-11-17)23-16-18-13-6-7-14-19(18)27(25,26)24(2)3;/h6-7,13-14,17H,4-5,8-12,15-16H2,1-3H3,(H2,21,22,23);1H. The topological polar surface area (TPSA) is 73.8 Å². The Morgan fingerprint density at radius 1 is 1.14 bits per heavy atom. The number of nitrogens with one attached hydrogen (secondary N) is 2. The fraction of sp³-hybridized carbons (Fsp3) is 0.650. The molecule has 2 N–H and O–H groups in total. The van der Waals surface area contributed by atoms with Crippen LogP contribution >= 0.6 is 24.0 Å². The molecule has 6 nitrogen and oxygen atoms in total. The van der Waals surface area contributed by atoms with Gasteiger partial charge in [-0.2, -0.15) is 0 Å². The van der Waals surface area contributed by atoms with Crippen molar-refractivity contribution in [3.05, 3.63) is 29.8 Å². The average molecular weight is 522 g/mol. The first-order valence-electron chi connectivity index (χ1n) is 9.90. The maximum atomic E-state index is 12.5. The lowest BCUT2D eigenvalue weighted by molar-refractivity contribution is 0.472. The molecule has 0 aliphatic heterocycles. The third kappa shape index (κ3) is 7.51. The molecule has 2 rings (SSSR count). The van der Waals surface area contributed by atoms with E-state index in [-0.39, 0.29) is 24.0 Å². The Balaban J connectivity index is 0.00000392. The molecule has 0 saturated heterocycles. The molecule has 0 amide bonds. The van der Waals surface area contributed by atoms with E-state index in [1.165, 1.54) is 42.8 Å². The van der Waals surface area contributed by atoms with E-state index in [1.807, 2.05) is 12.1 Å². The van der Waals surface area contributed by atoms with Gasteiger partial charge in [0.15, 0.2) is 5.96 Å². The summed E-state index contributed by atoms with van der Waals surface area (Å²) >= 11 is 0. The first-order chi connectivity index (χ1) is 12.9. The highest BCUT2D eigenvalue weighted by molar-refractivity contribution is 14.0. The Bertz CT molecular complexity index is 717. The second kappa shape index (κ2) is 12.6. The van der Waals surface area contributed by atoms with Crippen LogP contribution in [-0.4, -0.2) is 46.4 Å². The summed E-state index contributed by atoms with van der Waals surface area (Å²) < 4.78 is 26.2. The summed E-state index contributed by atoms with van der Waals surface area (Å²) in [4.78, 5) is 4.57. The van der Waals surface area contributed by atoms with Crippen LogP contribution in [0, 0.1) is 5.92 Å². The van der Waals surface area contributed by atoms with Gasteiger partial charge in [0.25, 0.3) is 0 Å². The fourth-order valence-corrected chi connectivity index (χ4v) is 4.68. The molecule has 1 saturated carbocycles. The molecule has 8 heteroatoms. The molecule has 1 aromatic carbocycles. The highest BCUT2D eigenvalue weighted by atomic mass is 127. The summed E-state index contributed by atoms with van der Waals surface area (Å²) in [6.07, 6.45) is 9.34. The monoisotopic (exact) mass is 522 g/mol. The van der Waals surface area contributed by atoms with Crippen LogP contribution in [0.25, 0.3) is 0 Å². The van der Waals surface area contributed by atoms with Crippen molar-refractivity contribution in [3.63, 3.8) is 0 Å².